The molecule has 1 N–H and O–H groups in total. The van der Waals surface area contributed by atoms with E-state index >= 15 is 0 Å². The van der Waals surface area contributed by atoms with Gasteiger partial charge in [0.05, 0.1) is 10.6 Å². The van der Waals surface area contributed by atoms with Gasteiger partial charge in [-0.05, 0) is 60.9 Å². The number of likely N-dealkylation sites (N-methyl/N-ethyl adjacent to an activating group) is 1. The van der Waals surface area contributed by atoms with Crippen LogP contribution in [0.3, 0.4) is 0 Å². The summed E-state index contributed by atoms with van der Waals surface area (Å²) >= 11 is 12.1. The molecule has 0 aliphatic rings. The number of hydrogen-bond acceptors (Lipinski definition) is 4. The first-order chi connectivity index (χ1) is 17.7. The van der Waals surface area contributed by atoms with Crippen LogP contribution in [0.5, 0.6) is 0 Å². The van der Waals surface area contributed by atoms with Crippen LogP contribution in [0.2, 0.25) is 10.0 Å². The van der Waals surface area contributed by atoms with E-state index in [2.05, 4.69) is 5.32 Å². The van der Waals surface area contributed by atoms with Crippen LogP contribution >= 0.6 is 23.2 Å². The first-order valence-electron chi connectivity index (χ1n) is 11.8. The Morgan fingerprint density at radius 1 is 0.919 bits per heavy atom. The number of nitrogens with zero attached hydrogens (tertiary/aromatic N) is 2. The molecule has 196 valence electrons. The van der Waals surface area contributed by atoms with Gasteiger partial charge in [-0.2, -0.15) is 0 Å². The van der Waals surface area contributed by atoms with Crippen LogP contribution in [0, 0.1) is 0 Å². The molecule has 2 amide bonds. The number of sulfonamides is 1. The van der Waals surface area contributed by atoms with Gasteiger partial charge in [0.1, 0.15) is 12.6 Å². The van der Waals surface area contributed by atoms with Crippen LogP contribution in [0.25, 0.3) is 0 Å². The zero-order chi connectivity index (χ0) is 27.0. The number of halogens is 2. The van der Waals surface area contributed by atoms with E-state index in [9.17, 15) is 18.0 Å². The Bertz CT molecular complexity index is 1320. The van der Waals surface area contributed by atoms with E-state index < -0.39 is 28.5 Å². The first kappa shape index (κ1) is 28.5. The van der Waals surface area contributed by atoms with Crippen LogP contribution < -0.4 is 9.62 Å². The van der Waals surface area contributed by atoms with Gasteiger partial charge >= 0.3 is 0 Å². The standard InChI is InChI=1S/C27H29Cl2N3O4S/c1-3-25(27(34)30-2)31(17-16-20-8-5-4-6-9-20)26(33)19-32(23-11-7-10-22(29)18-23)37(35,36)24-14-12-21(28)13-15-24/h4-15,18,25H,3,16-17,19H2,1-2H3,(H,30,34)/t25-/m0/s1. The van der Waals surface area contributed by atoms with E-state index in [1.807, 2.05) is 37.3 Å². The molecule has 0 spiro atoms. The lowest BCUT2D eigenvalue weighted by molar-refractivity contribution is -0.139. The summed E-state index contributed by atoms with van der Waals surface area (Å²) in [5.74, 6) is -0.831. The molecule has 0 aromatic heterocycles. The number of rotatable bonds is 11. The van der Waals surface area contributed by atoms with Gasteiger partial charge in [-0.15, -0.1) is 0 Å². The second-order valence-electron chi connectivity index (χ2n) is 8.31. The molecule has 1 atom stereocenters. The molecule has 0 unspecified atom stereocenters. The predicted molar refractivity (Wildman–Crippen MR) is 147 cm³/mol. The monoisotopic (exact) mass is 561 g/mol. The van der Waals surface area contributed by atoms with Crippen molar-refractivity contribution < 1.29 is 18.0 Å². The van der Waals surface area contributed by atoms with Gasteiger partial charge in [0, 0.05) is 23.6 Å². The van der Waals surface area contributed by atoms with E-state index in [0.29, 0.717) is 22.9 Å². The van der Waals surface area contributed by atoms with Crippen LogP contribution in [0.1, 0.15) is 18.9 Å². The number of carbonyl (C=O) groups excluding carboxylic acids is 2. The molecular formula is C27H29Cl2N3O4S. The molecule has 0 aliphatic carbocycles. The van der Waals surface area contributed by atoms with Gasteiger partial charge in [-0.25, -0.2) is 8.42 Å². The molecule has 0 saturated carbocycles. The Balaban J connectivity index is 2.00. The van der Waals surface area contributed by atoms with E-state index in [4.69, 9.17) is 23.2 Å². The van der Waals surface area contributed by atoms with E-state index in [1.54, 1.807) is 18.2 Å². The molecule has 3 aromatic rings. The van der Waals surface area contributed by atoms with Crippen LogP contribution in [0.4, 0.5) is 5.69 Å². The summed E-state index contributed by atoms with van der Waals surface area (Å²) in [4.78, 5) is 27.9. The normalized spacial score (nSPS) is 12.0. The smallest absolute Gasteiger partial charge is 0.264 e. The minimum Gasteiger partial charge on any atom is -0.357 e. The second kappa shape index (κ2) is 12.9. The zero-order valence-electron chi connectivity index (χ0n) is 20.6. The summed E-state index contributed by atoms with van der Waals surface area (Å²) in [6.07, 6.45) is 0.864. The summed E-state index contributed by atoms with van der Waals surface area (Å²) in [5.41, 5.74) is 1.22. The quantitative estimate of drug-likeness (QED) is 0.364. The van der Waals surface area contributed by atoms with E-state index in [-0.39, 0.29) is 23.0 Å². The highest BCUT2D eigenvalue weighted by Crippen LogP contribution is 2.27. The Morgan fingerprint density at radius 3 is 2.19 bits per heavy atom. The van der Waals surface area contributed by atoms with Crippen molar-refractivity contribution in [1.29, 1.82) is 0 Å². The summed E-state index contributed by atoms with van der Waals surface area (Å²) in [6.45, 7) is 1.52. The van der Waals surface area contributed by atoms with Crippen LogP contribution in [-0.4, -0.2) is 51.3 Å². The SMILES string of the molecule is CC[C@@H](C(=O)NC)N(CCc1ccccc1)C(=O)CN(c1cccc(Cl)c1)S(=O)(=O)c1ccc(Cl)cc1. The third-order valence-electron chi connectivity index (χ3n) is 5.89. The Kier molecular flexibility index (Phi) is 9.97. The minimum absolute atomic E-state index is 0.0288. The fraction of sp³-hybridized carbons (Fsp3) is 0.259. The number of benzene rings is 3. The number of nitrogens with one attached hydrogen (secondary N) is 1. The lowest BCUT2D eigenvalue weighted by atomic mass is 10.1. The van der Waals surface area contributed by atoms with E-state index in [1.165, 1.54) is 42.3 Å². The van der Waals surface area contributed by atoms with Crippen molar-refractivity contribution in [3.8, 4) is 0 Å². The third kappa shape index (κ3) is 7.25. The van der Waals surface area contributed by atoms with Crippen molar-refractivity contribution in [1.82, 2.24) is 10.2 Å². The maximum Gasteiger partial charge on any atom is 0.264 e. The lowest BCUT2D eigenvalue weighted by Crippen LogP contribution is -2.52. The third-order valence-corrected chi connectivity index (χ3v) is 8.17. The molecule has 0 bridgehead atoms. The fourth-order valence-electron chi connectivity index (χ4n) is 3.96. The average molecular weight is 563 g/mol. The molecule has 10 heteroatoms. The van der Waals surface area contributed by atoms with Gasteiger partial charge in [0.2, 0.25) is 11.8 Å². The first-order valence-corrected chi connectivity index (χ1v) is 14.0. The van der Waals surface area contributed by atoms with Gasteiger partial charge in [0.15, 0.2) is 0 Å². The van der Waals surface area contributed by atoms with Crippen molar-refractivity contribution in [3.05, 3.63) is 94.5 Å². The number of carbonyl (C=O) groups is 2. The minimum atomic E-state index is -4.17. The molecule has 0 saturated heterocycles. The van der Waals surface area contributed by atoms with Gasteiger partial charge in [-0.3, -0.25) is 13.9 Å². The van der Waals surface area contributed by atoms with Gasteiger partial charge < -0.3 is 10.2 Å². The molecule has 3 aromatic carbocycles. The van der Waals surface area contributed by atoms with Crippen molar-refractivity contribution >= 4 is 50.7 Å². The summed E-state index contributed by atoms with van der Waals surface area (Å²) < 4.78 is 28.4. The largest absolute Gasteiger partial charge is 0.357 e. The van der Waals surface area contributed by atoms with Crippen molar-refractivity contribution in [2.24, 2.45) is 0 Å². The fourth-order valence-corrected chi connectivity index (χ4v) is 5.67. The van der Waals surface area contributed by atoms with E-state index in [0.717, 1.165) is 9.87 Å². The van der Waals surface area contributed by atoms with Crippen molar-refractivity contribution in [3.63, 3.8) is 0 Å². The highest BCUT2D eigenvalue weighted by molar-refractivity contribution is 7.92. The van der Waals surface area contributed by atoms with Gasteiger partial charge in [0.25, 0.3) is 10.0 Å². The molecular weight excluding hydrogens is 533 g/mol. The topological polar surface area (TPSA) is 86.8 Å². The summed E-state index contributed by atoms with van der Waals surface area (Å²) in [6, 6.07) is 20.8. The molecule has 37 heavy (non-hydrogen) atoms. The Morgan fingerprint density at radius 2 is 1.59 bits per heavy atom. The maximum atomic E-state index is 13.8. The number of anilines is 1. The highest BCUT2D eigenvalue weighted by Gasteiger charge is 2.33. The summed E-state index contributed by atoms with van der Waals surface area (Å²) in [5, 5.41) is 3.31. The Labute approximate surface area is 228 Å². The zero-order valence-corrected chi connectivity index (χ0v) is 22.9. The van der Waals surface area contributed by atoms with Crippen LogP contribution in [0.15, 0.2) is 83.8 Å². The molecule has 0 fully saturated rings. The predicted octanol–water partition coefficient (Wildman–Crippen LogP) is 4.78. The van der Waals surface area contributed by atoms with Crippen molar-refractivity contribution in [2.75, 3.05) is 24.4 Å². The molecule has 7 nitrogen and oxygen atoms in total. The molecule has 3 rings (SSSR count). The maximum absolute atomic E-state index is 13.8. The van der Waals surface area contributed by atoms with Gasteiger partial charge in [-0.1, -0.05) is 66.5 Å². The van der Waals surface area contributed by atoms with Crippen molar-refractivity contribution in [2.45, 2.75) is 30.7 Å². The molecule has 0 heterocycles. The lowest BCUT2D eigenvalue weighted by Gasteiger charge is -2.33. The number of hydrogen-bond donors (Lipinski definition) is 1. The average Bonchev–Trinajstić information content (AvgIpc) is 2.89. The Hall–Kier alpha value is -3.07. The highest BCUT2D eigenvalue weighted by atomic mass is 35.5. The second-order valence-corrected chi connectivity index (χ2v) is 11.0. The summed E-state index contributed by atoms with van der Waals surface area (Å²) in [7, 11) is -2.67. The molecule has 0 aliphatic heterocycles. The van der Waals surface area contributed by atoms with Crippen LogP contribution in [-0.2, 0) is 26.0 Å². The molecule has 0 radical (unpaired) electrons. The number of amides is 2.